The second-order valence-corrected chi connectivity index (χ2v) is 8.50. The Morgan fingerprint density at radius 1 is 1.54 bits per heavy atom. The third kappa shape index (κ3) is 2.95. The van der Waals surface area contributed by atoms with Crippen LogP contribution in [0.2, 0.25) is 0 Å². The summed E-state index contributed by atoms with van der Waals surface area (Å²) in [5.41, 5.74) is 0.493. The van der Waals surface area contributed by atoms with E-state index in [1.165, 1.54) is 11.0 Å². The van der Waals surface area contributed by atoms with E-state index in [9.17, 15) is 18.3 Å². The van der Waals surface area contributed by atoms with Gasteiger partial charge in [0.2, 0.25) is 0 Å². The number of rotatable bonds is 5. The monoisotopic (exact) mass is 371 g/mol. The van der Waals surface area contributed by atoms with Crippen molar-refractivity contribution >= 4 is 27.3 Å². The van der Waals surface area contributed by atoms with E-state index in [2.05, 4.69) is 20.1 Å². The summed E-state index contributed by atoms with van der Waals surface area (Å²) in [4.78, 5) is 16.4. The van der Waals surface area contributed by atoms with E-state index in [-0.39, 0.29) is 9.77 Å². The first-order valence-electron chi connectivity index (χ1n) is 7.26. The van der Waals surface area contributed by atoms with Gasteiger partial charge >= 0.3 is 5.97 Å². The number of aromatic carboxylic acids is 1. The predicted molar refractivity (Wildman–Crippen MR) is 86.4 cm³/mol. The maximum Gasteiger partial charge on any atom is 0.338 e. The van der Waals surface area contributed by atoms with Crippen LogP contribution in [0.25, 0.3) is 0 Å². The lowest BCUT2D eigenvalue weighted by atomic mass is 10.1. The molecule has 11 heteroatoms. The van der Waals surface area contributed by atoms with E-state index in [1.807, 2.05) is 0 Å². The van der Waals surface area contributed by atoms with Gasteiger partial charge in [-0.05, 0) is 25.5 Å². The predicted octanol–water partition coefficient (Wildman–Crippen LogP) is 0.260. The Hall–Kier alpha value is -1.82. The number of aryl methyl sites for hydroxylation is 1. The summed E-state index contributed by atoms with van der Waals surface area (Å²) in [5.74, 6) is -0.778. The van der Waals surface area contributed by atoms with Gasteiger partial charge in [-0.25, -0.2) is 18.2 Å². The van der Waals surface area contributed by atoms with Crippen LogP contribution in [0.5, 0.6) is 0 Å². The molecule has 2 aromatic heterocycles. The van der Waals surface area contributed by atoms with Crippen LogP contribution in [0.4, 0.5) is 0 Å². The topological polar surface area (TPSA) is 126 Å². The molecule has 3 rings (SSSR count). The van der Waals surface area contributed by atoms with Gasteiger partial charge in [0.1, 0.15) is 16.4 Å². The summed E-state index contributed by atoms with van der Waals surface area (Å²) in [6.45, 7) is 2.75. The van der Waals surface area contributed by atoms with E-state index >= 15 is 0 Å². The van der Waals surface area contributed by atoms with Crippen molar-refractivity contribution in [2.45, 2.75) is 30.1 Å². The molecular formula is C13H17N5O4S2. The minimum Gasteiger partial charge on any atom is -0.478 e. The van der Waals surface area contributed by atoms with Gasteiger partial charge in [0.15, 0.2) is 0 Å². The van der Waals surface area contributed by atoms with Gasteiger partial charge in [0.25, 0.3) is 10.0 Å². The highest BCUT2D eigenvalue weighted by Crippen LogP contribution is 2.34. The maximum atomic E-state index is 12.8. The zero-order valence-electron chi connectivity index (χ0n) is 13.1. The van der Waals surface area contributed by atoms with Crippen molar-refractivity contribution < 1.29 is 18.3 Å². The van der Waals surface area contributed by atoms with Crippen LogP contribution in [0.15, 0.2) is 10.5 Å². The molecule has 24 heavy (non-hydrogen) atoms. The third-order valence-electron chi connectivity index (χ3n) is 3.82. The van der Waals surface area contributed by atoms with Crippen LogP contribution < -0.4 is 10.0 Å². The lowest BCUT2D eigenvalue weighted by Gasteiger charge is -2.13. The Labute approximate surface area is 142 Å². The number of fused-ring (bicyclic) bond motifs is 1. The smallest absolute Gasteiger partial charge is 0.338 e. The zero-order valence-corrected chi connectivity index (χ0v) is 14.7. The average Bonchev–Trinajstić information content (AvgIpc) is 3.10. The first kappa shape index (κ1) is 17.0. The van der Waals surface area contributed by atoms with E-state index in [0.29, 0.717) is 30.9 Å². The summed E-state index contributed by atoms with van der Waals surface area (Å²) in [6, 6.07) is -0.638. The standard InChI is InChI=1S/C13H17N5O4S2/c1-7(11-15-6-16-18(11)2)17-24(21,22)13-10(12(19)20)8-3-4-14-5-9(8)23-13/h6-7,14,17H,3-5H2,1-2H3,(H,19,20)/t7-/m0/s1. The van der Waals surface area contributed by atoms with Crippen molar-refractivity contribution in [3.63, 3.8) is 0 Å². The van der Waals surface area contributed by atoms with Crippen LogP contribution in [-0.2, 0) is 30.0 Å². The summed E-state index contributed by atoms with van der Waals surface area (Å²) >= 11 is 1.00. The van der Waals surface area contributed by atoms with Crippen molar-refractivity contribution in [1.29, 1.82) is 0 Å². The van der Waals surface area contributed by atoms with Crippen LogP contribution in [0, 0.1) is 0 Å². The van der Waals surface area contributed by atoms with Gasteiger partial charge in [-0.1, -0.05) is 0 Å². The molecule has 3 heterocycles. The highest BCUT2D eigenvalue weighted by Gasteiger charge is 2.33. The normalized spacial score (nSPS) is 15.9. The molecule has 0 radical (unpaired) electrons. The number of aromatic nitrogens is 3. The highest BCUT2D eigenvalue weighted by atomic mass is 32.2. The minimum absolute atomic E-state index is 0.117. The van der Waals surface area contributed by atoms with E-state index in [4.69, 9.17) is 0 Å². The van der Waals surface area contributed by atoms with Crippen molar-refractivity contribution in [1.82, 2.24) is 24.8 Å². The average molecular weight is 371 g/mol. The Kier molecular flexibility index (Phi) is 4.42. The lowest BCUT2D eigenvalue weighted by molar-refractivity contribution is 0.0692. The zero-order chi connectivity index (χ0) is 17.5. The number of hydrogen-bond donors (Lipinski definition) is 3. The van der Waals surface area contributed by atoms with Crippen molar-refractivity contribution in [3.8, 4) is 0 Å². The number of sulfonamides is 1. The Balaban J connectivity index is 1.99. The van der Waals surface area contributed by atoms with Crippen LogP contribution in [0.1, 0.15) is 39.6 Å². The summed E-state index contributed by atoms with van der Waals surface area (Å²) in [6.07, 6.45) is 1.83. The van der Waals surface area contributed by atoms with Crippen LogP contribution >= 0.6 is 11.3 Å². The second-order valence-electron chi connectivity index (χ2n) is 5.48. The molecule has 1 atom stereocenters. The fourth-order valence-corrected chi connectivity index (χ4v) is 5.83. The second kappa shape index (κ2) is 6.24. The van der Waals surface area contributed by atoms with E-state index in [0.717, 1.165) is 16.2 Å². The molecule has 0 spiro atoms. The SMILES string of the molecule is C[C@H](NS(=O)(=O)c1sc2c(c1C(=O)O)CCNC2)c1ncnn1C. The molecule has 1 aliphatic rings. The van der Waals surface area contributed by atoms with Crippen molar-refractivity contribution in [3.05, 3.63) is 28.2 Å². The molecule has 9 nitrogen and oxygen atoms in total. The molecule has 2 aromatic rings. The third-order valence-corrected chi connectivity index (χ3v) is 7.11. The molecule has 0 bridgehead atoms. The van der Waals surface area contributed by atoms with Crippen LogP contribution in [0.3, 0.4) is 0 Å². The maximum absolute atomic E-state index is 12.8. The molecule has 3 N–H and O–H groups in total. The van der Waals surface area contributed by atoms with Crippen molar-refractivity contribution in [2.24, 2.45) is 7.05 Å². The molecule has 130 valence electrons. The highest BCUT2D eigenvalue weighted by molar-refractivity contribution is 7.91. The molecule has 0 saturated carbocycles. The summed E-state index contributed by atoms with van der Waals surface area (Å²) in [7, 11) is -2.34. The van der Waals surface area contributed by atoms with Gasteiger partial charge in [0, 0.05) is 18.5 Å². The first-order chi connectivity index (χ1) is 11.3. The molecule has 0 fully saturated rings. The fourth-order valence-electron chi connectivity index (χ4n) is 2.75. The summed E-state index contributed by atoms with van der Waals surface area (Å²) in [5, 5.41) is 16.5. The molecule has 0 amide bonds. The summed E-state index contributed by atoms with van der Waals surface area (Å²) < 4.78 is 29.3. The van der Waals surface area contributed by atoms with Gasteiger partial charge in [-0.15, -0.1) is 11.3 Å². The van der Waals surface area contributed by atoms with Crippen LogP contribution in [-0.4, -0.2) is 40.8 Å². The number of nitrogens with zero attached hydrogens (tertiary/aromatic N) is 3. The lowest BCUT2D eigenvalue weighted by Crippen LogP contribution is -2.29. The molecule has 1 aliphatic heterocycles. The fraction of sp³-hybridized carbons (Fsp3) is 0.462. The Morgan fingerprint density at radius 3 is 2.92 bits per heavy atom. The Morgan fingerprint density at radius 2 is 2.29 bits per heavy atom. The van der Waals surface area contributed by atoms with E-state index in [1.54, 1.807) is 14.0 Å². The number of hydrogen-bond acceptors (Lipinski definition) is 7. The van der Waals surface area contributed by atoms with E-state index < -0.39 is 22.0 Å². The largest absolute Gasteiger partial charge is 0.478 e. The van der Waals surface area contributed by atoms with Gasteiger partial charge in [-0.2, -0.15) is 9.82 Å². The molecule has 0 saturated heterocycles. The minimum atomic E-state index is -3.99. The van der Waals surface area contributed by atoms with Crippen molar-refractivity contribution in [2.75, 3.05) is 6.54 Å². The molecule has 0 aliphatic carbocycles. The number of thiophene rings is 1. The Bertz CT molecular complexity index is 886. The first-order valence-corrected chi connectivity index (χ1v) is 9.56. The number of nitrogens with one attached hydrogen (secondary N) is 2. The molecular weight excluding hydrogens is 354 g/mol. The molecule has 0 unspecified atom stereocenters. The molecule has 0 aromatic carbocycles. The van der Waals surface area contributed by atoms with Gasteiger partial charge in [0.05, 0.1) is 11.6 Å². The van der Waals surface area contributed by atoms with Gasteiger partial charge in [-0.3, -0.25) is 4.68 Å². The quantitative estimate of drug-likeness (QED) is 0.688. The number of carboxylic acids is 1. The van der Waals surface area contributed by atoms with Gasteiger partial charge < -0.3 is 10.4 Å². The number of carboxylic acid groups (broad SMARTS) is 1. The number of carbonyl (C=O) groups is 1.